The summed E-state index contributed by atoms with van der Waals surface area (Å²) in [6.45, 7) is 1.24. The van der Waals surface area contributed by atoms with Crippen LogP contribution in [0, 0.1) is 5.92 Å². The molecular formula is C17H19BrF3N3O2. The Kier molecular flexibility index (Phi) is 5.57. The van der Waals surface area contributed by atoms with Crippen molar-refractivity contribution in [2.75, 3.05) is 13.1 Å². The largest absolute Gasteiger partial charge is 0.416 e. The lowest BCUT2D eigenvalue weighted by molar-refractivity contribution is -0.137. The molecule has 1 amide bonds. The van der Waals surface area contributed by atoms with E-state index in [2.05, 4.69) is 21.1 Å². The maximum absolute atomic E-state index is 12.7. The number of hydrogen-bond acceptors (Lipinski definition) is 4. The quantitative estimate of drug-likeness (QED) is 0.790. The van der Waals surface area contributed by atoms with Crippen LogP contribution in [0.3, 0.4) is 0 Å². The molecule has 142 valence electrons. The number of carbonyl (C=O) groups excluding carboxylic acids is 1. The lowest BCUT2D eigenvalue weighted by atomic mass is 9.88. The summed E-state index contributed by atoms with van der Waals surface area (Å²) in [7, 11) is 0. The summed E-state index contributed by atoms with van der Waals surface area (Å²) in [6, 6.07) is 3.90. The third-order valence-electron chi connectivity index (χ3n) is 4.95. The molecule has 9 heteroatoms. The highest BCUT2D eigenvalue weighted by Gasteiger charge is 2.36. The van der Waals surface area contributed by atoms with Gasteiger partial charge in [0, 0.05) is 12.3 Å². The average molecular weight is 434 g/mol. The first-order valence-electron chi connectivity index (χ1n) is 8.34. The SMILES string of the molecule is NC(=O)[C@@H](c1ccc(C(F)(F)F)cc1)N1CCC([C@H]2CC(Br)=NO2)CC1. The Hall–Kier alpha value is -1.61. The van der Waals surface area contributed by atoms with E-state index < -0.39 is 23.7 Å². The first-order chi connectivity index (χ1) is 12.3. The van der Waals surface area contributed by atoms with Crippen molar-refractivity contribution < 1.29 is 22.8 Å². The maximum atomic E-state index is 12.7. The molecular weight excluding hydrogens is 415 g/mol. The van der Waals surface area contributed by atoms with E-state index in [1.54, 1.807) is 0 Å². The van der Waals surface area contributed by atoms with Crippen molar-refractivity contribution in [1.29, 1.82) is 0 Å². The number of rotatable bonds is 4. The predicted octanol–water partition coefficient (Wildman–Crippen LogP) is 3.44. The van der Waals surface area contributed by atoms with Crippen LogP contribution in [0.2, 0.25) is 0 Å². The van der Waals surface area contributed by atoms with E-state index >= 15 is 0 Å². The highest BCUT2D eigenvalue weighted by atomic mass is 79.9. The van der Waals surface area contributed by atoms with E-state index in [-0.39, 0.29) is 6.10 Å². The van der Waals surface area contributed by atoms with Gasteiger partial charge in [0.1, 0.15) is 16.8 Å². The molecule has 2 aliphatic heterocycles. The third kappa shape index (κ3) is 4.20. The molecule has 2 aliphatic rings. The minimum absolute atomic E-state index is 0.0321. The number of likely N-dealkylation sites (tertiary alicyclic amines) is 1. The molecule has 0 unspecified atom stereocenters. The van der Waals surface area contributed by atoms with Gasteiger partial charge in [0.05, 0.1) is 5.56 Å². The first-order valence-corrected chi connectivity index (χ1v) is 9.13. The van der Waals surface area contributed by atoms with Gasteiger partial charge in [-0.05, 0) is 59.6 Å². The number of halogens is 4. The van der Waals surface area contributed by atoms with Crippen molar-refractivity contribution >= 4 is 26.5 Å². The number of piperidine rings is 1. The number of hydrogen-bond donors (Lipinski definition) is 1. The van der Waals surface area contributed by atoms with E-state index in [1.807, 2.05) is 4.90 Å². The molecule has 5 nitrogen and oxygen atoms in total. The summed E-state index contributed by atoms with van der Waals surface area (Å²) in [5.41, 5.74) is 5.28. The molecule has 1 aromatic rings. The van der Waals surface area contributed by atoms with Gasteiger partial charge in [-0.3, -0.25) is 9.69 Å². The van der Waals surface area contributed by atoms with Crippen LogP contribution in [0.1, 0.15) is 36.4 Å². The van der Waals surface area contributed by atoms with Crippen molar-refractivity contribution in [1.82, 2.24) is 4.90 Å². The zero-order chi connectivity index (χ0) is 18.9. The molecule has 1 saturated heterocycles. The van der Waals surface area contributed by atoms with Gasteiger partial charge in [0.2, 0.25) is 5.91 Å². The Morgan fingerprint density at radius 1 is 1.27 bits per heavy atom. The van der Waals surface area contributed by atoms with E-state index in [1.165, 1.54) is 12.1 Å². The number of nitrogens with two attached hydrogens (primary N) is 1. The molecule has 26 heavy (non-hydrogen) atoms. The molecule has 3 rings (SSSR count). The van der Waals surface area contributed by atoms with Crippen LogP contribution in [0.4, 0.5) is 13.2 Å². The van der Waals surface area contributed by atoms with Crippen molar-refractivity contribution in [2.45, 2.75) is 37.6 Å². The fourth-order valence-corrected chi connectivity index (χ4v) is 3.98. The van der Waals surface area contributed by atoms with Gasteiger partial charge in [-0.2, -0.15) is 13.2 Å². The fraction of sp³-hybridized carbons (Fsp3) is 0.529. The standard InChI is InChI=1S/C17H19BrF3N3O2/c18-14-9-13(26-23-14)10-5-7-24(8-6-10)15(16(22)25)11-1-3-12(4-2-11)17(19,20)21/h1-4,10,13,15H,5-9H2,(H2,22,25)/t13-,15-/m1/s1. The number of alkyl halides is 3. The zero-order valence-electron chi connectivity index (χ0n) is 13.9. The lowest BCUT2D eigenvalue weighted by Crippen LogP contribution is -2.44. The van der Waals surface area contributed by atoms with Crippen LogP contribution in [-0.4, -0.2) is 34.6 Å². The molecule has 2 heterocycles. The molecule has 2 N–H and O–H groups in total. The van der Waals surface area contributed by atoms with Crippen LogP contribution in [0.25, 0.3) is 0 Å². The summed E-state index contributed by atoms with van der Waals surface area (Å²) in [5, 5.41) is 3.90. The molecule has 0 radical (unpaired) electrons. The minimum Gasteiger partial charge on any atom is -0.391 e. The second-order valence-corrected chi connectivity index (χ2v) is 7.53. The second-order valence-electron chi connectivity index (χ2n) is 6.61. The average Bonchev–Trinajstić information content (AvgIpc) is 3.01. The molecule has 1 fully saturated rings. The van der Waals surface area contributed by atoms with E-state index in [0.29, 0.717) is 24.6 Å². The normalized spacial score (nSPS) is 23.4. The Morgan fingerprint density at radius 3 is 2.35 bits per heavy atom. The van der Waals surface area contributed by atoms with Gasteiger partial charge in [0.15, 0.2) is 0 Å². The summed E-state index contributed by atoms with van der Waals surface area (Å²) in [5.74, 6) is -0.238. The zero-order valence-corrected chi connectivity index (χ0v) is 15.5. The monoisotopic (exact) mass is 433 g/mol. The summed E-state index contributed by atoms with van der Waals surface area (Å²) in [4.78, 5) is 19.3. The maximum Gasteiger partial charge on any atom is 0.416 e. The van der Waals surface area contributed by atoms with Gasteiger partial charge in [-0.1, -0.05) is 17.3 Å². The van der Waals surface area contributed by atoms with Crippen LogP contribution >= 0.6 is 15.9 Å². The van der Waals surface area contributed by atoms with Gasteiger partial charge in [-0.15, -0.1) is 0 Å². The second kappa shape index (κ2) is 7.56. The minimum atomic E-state index is -4.41. The van der Waals surface area contributed by atoms with Crippen LogP contribution in [0.15, 0.2) is 29.4 Å². The number of benzene rings is 1. The first kappa shape index (κ1) is 19.2. The number of amides is 1. The molecule has 0 saturated carbocycles. The van der Waals surface area contributed by atoms with Crippen molar-refractivity contribution in [3.8, 4) is 0 Å². The molecule has 2 atom stereocenters. The van der Waals surface area contributed by atoms with E-state index in [9.17, 15) is 18.0 Å². The molecule has 0 spiro atoms. The molecule has 1 aromatic carbocycles. The highest BCUT2D eigenvalue weighted by Crippen LogP contribution is 2.34. The van der Waals surface area contributed by atoms with Crippen LogP contribution < -0.4 is 5.73 Å². The number of nitrogens with zero attached hydrogens (tertiary/aromatic N) is 2. The number of primary amides is 1. The van der Waals surface area contributed by atoms with Crippen molar-refractivity contribution in [3.05, 3.63) is 35.4 Å². The molecule has 0 aromatic heterocycles. The van der Waals surface area contributed by atoms with Gasteiger partial charge < -0.3 is 10.6 Å². The Bertz CT molecular complexity index is 685. The van der Waals surface area contributed by atoms with Crippen molar-refractivity contribution in [3.63, 3.8) is 0 Å². The topological polar surface area (TPSA) is 67.9 Å². The highest BCUT2D eigenvalue weighted by molar-refractivity contribution is 9.18. The third-order valence-corrected chi connectivity index (χ3v) is 5.41. The molecule has 0 aliphatic carbocycles. The van der Waals surface area contributed by atoms with Gasteiger partial charge >= 0.3 is 6.18 Å². The Labute approximate surface area is 157 Å². The Balaban J connectivity index is 1.67. The summed E-state index contributed by atoms with van der Waals surface area (Å²) < 4.78 is 39.0. The summed E-state index contributed by atoms with van der Waals surface area (Å²) >= 11 is 3.32. The smallest absolute Gasteiger partial charge is 0.391 e. The number of oxime groups is 1. The van der Waals surface area contributed by atoms with Crippen LogP contribution in [-0.2, 0) is 15.8 Å². The van der Waals surface area contributed by atoms with Gasteiger partial charge in [-0.25, -0.2) is 0 Å². The number of carbonyl (C=O) groups is 1. The lowest BCUT2D eigenvalue weighted by Gasteiger charge is -2.37. The predicted molar refractivity (Wildman–Crippen MR) is 93.5 cm³/mol. The van der Waals surface area contributed by atoms with Gasteiger partial charge in [0.25, 0.3) is 0 Å². The fourth-order valence-electron chi connectivity index (χ4n) is 3.58. The van der Waals surface area contributed by atoms with E-state index in [4.69, 9.17) is 10.6 Å². The van der Waals surface area contributed by atoms with Crippen molar-refractivity contribution in [2.24, 2.45) is 16.8 Å². The Morgan fingerprint density at radius 2 is 1.88 bits per heavy atom. The summed E-state index contributed by atoms with van der Waals surface area (Å²) in [6.07, 6.45) is -2.01. The molecule has 0 bridgehead atoms. The van der Waals surface area contributed by atoms with Crippen LogP contribution in [0.5, 0.6) is 0 Å². The van der Waals surface area contributed by atoms with E-state index in [0.717, 1.165) is 36.0 Å².